The Kier molecular flexibility index (Phi) is 7.81. The Hall–Kier alpha value is -4.99. The van der Waals surface area contributed by atoms with Crippen LogP contribution in [0.1, 0.15) is 5.56 Å². The number of rotatable bonds is 6. The van der Waals surface area contributed by atoms with Gasteiger partial charge in [-0.15, -0.1) is 0 Å². The van der Waals surface area contributed by atoms with Gasteiger partial charge in [0.1, 0.15) is 16.5 Å². The average molecular weight is 659 g/mol. The molecule has 0 aliphatic carbocycles. The van der Waals surface area contributed by atoms with Crippen LogP contribution < -0.4 is 14.5 Å². The molecule has 0 radical (unpaired) electrons. The van der Waals surface area contributed by atoms with Gasteiger partial charge in [-0.1, -0.05) is 12.1 Å². The van der Waals surface area contributed by atoms with Gasteiger partial charge in [0.2, 0.25) is 34.8 Å². The topological polar surface area (TPSA) is 74.6 Å². The number of nitrogens with zero attached hydrogens (tertiary/aromatic N) is 1. The van der Waals surface area contributed by atoms with Crippen LogP contribution in [-0.4, -0.2) is 20.1 Å². The molecule has 234 valence electrons. The lowest BCUT2D eigenvalue weighted by atomic mass is 10.0. The summed E-state index contributed by atoms with van der Waals surface area (Å²) in [5, 5.41) is -0.0684. The van der Waals surface area contributed by atoms with Crippen molar-refractivity contribution in [1.82, 2.24) is 4.57 Å². The van der Waals surface area contributed by atoms with E-state index in [2.05, 4.69) is 4.18 Å². The normalized spacial score (nSPS) is 12.0. The molecular weight excluding hydrogens is 645 g/mol. The zero-order valence-electron chi connectivity index (χ0n) is 22.1. The lowest BCUT2D eigenvalue weighted by molar-refractivity contribution is -0.137. The van der Waals surface area contributed by atoms with E-state index in [-0.39, 0.29) is 33.5 Å². The van der Waals surface area contributed by atoms with Gasteiger partial charge in [0.15, 0.2) is 0 Å². The second kappa shape index (κ2) is 11.2. The second-order valence-electron chi connectivity index (χ2n) is 9.25. The van der Waals surface area contributed by atoms with Crippen molar-refractivity contribution in [2.45, 2.75) is 11.1 Å². The molecule has 0 bridgehead atoms. The quantitative estimate of drug-likeness (QED) is 0.0829. The first-order valence-corrected chi connectivity index (χ1v) is 13.6. The van der Waals surface area contributed by atoms with E-state index in [0.717, 1.165) is 72.3 Å². The molecule has 45 heavy (non-hydrogen) atoms. The summed E-state index contributed by atoms with van der Waals surface area (Å²) < 4.78 is 160. The molecule has 0 spiro atoms. The molecule has 0 aliphatic rings. The summed E-state index contributed by atoms with van der Waals surface area (Å²) in [5.41, 5.74) is -2.60. The van der Waals surface area contributed by atoms with E-state index in [1.807, 2.05) is 0 Å². The van der Waals surface area contributed by atoms with Crippen molar-refractivity contribution in [3.63, 3.8) is 0 Å². The lowest BCUT2D eigenvalue weighted by Crippen LogP contribution is -2.19. The SMILES string of the molecule is COc1cc(-c2cccc(C(F)(F)F)c2)c(F)cc1-n1c(=O)ccc2cc(S(=O)(=O)Oc3c(F)c(F)c(F)c(F)c3F)ccc21. The number of fused-ring (bicyclic) bond motifs is 1. The average Bonchev–Trinajstić information content (AvgIpc) is 3.00. The minimum atomic E-state index is -5.24. The molecule has 0 aliphatic heterocycles. The Bertz CT molecular complexity index is 2150. The van der Waals surface area contributed by atoms with Crippen molar-refractivity contribution in [2.75, 3.05) is 7.11 Å². The number of hydrogen-bond acceptors (Lipinski definition) is 5. The number of hydrogen-bond donors (Lipinski definition) is 0. The molecule has 0 unspecified atom stereocenters. The van der Waals surface area contributed by atoms with E-state index in [0.29, 0.717) is 0 Å². The van der Waals surface area contributed by atoms with Crippen molar-refractivity contribution < 1.29 is 56.9 Å². The third-order valence-electron chi connectivity index (χ3n) is 6.53. The van der Waals surface area contributed by atoms with Crippen LogP contribution in [0.25, 0.3) is 27.7 Å². The molecule has 0 N–H and O–H groups in total. The molecule has 4 aromatic carbocycles. The summed E-state index contributed by atoms with van der Waals surface area (Å²) in [4.78, 5) is 12.1. The third-order valence-corrected chi connectivity index (χ3v) is 7.74. The first-order valence-electron chi connectivity index (χ1n) is 12.2. The minimum absolute atomic E-state index is 0.0684. The molecule has 0 saturated heterocycles. The van der Waals surface area contributed by atoms with Gasteiger partial charge < -0.3 is 8.92 Å². The molecular formula is C29H14F9NO5S. The molecule has 0 fully saturated rings. The van der Waals surface area contributed by atoms with Crippen LogP contribution in [0.3, 0.4) is 0 Å². The maximum Gasteiger partial charge on any atom is 0.416 e. The van der Waals surface area contributed by atoms with E-state index < -0.39 is 73.0 Å². The van der Waals surface area contributed by atoms with E-state index >= 15 is 4.39 Å². The smallest absolute Gasteiger partial charge is 0.416 e. The monoisotopic (exact) mass is 659 g/mol. The number of halogens is 9. The van der Waals surface area contributed by atoms with Gasteiger partial charge in [-0.05, 0) is 48.0 Å². The number of aromatic nitrogens is 1. The zero-order chi connectivity index (χ0) is 33.0. The van der Waals surface area contributed by atoms with Crippen LogP contribution in [0.4, 0.5) is 39.5 Å². The fourth-order valence-corrected chi connectivity index (χ4v) is 5.38. The van der Waals surface area contributed by atoms with Crippen molar-refractivity contribution in [1.29, 1.82) is 0 Å². The second-order valence-corrected chi connectivity index (χ2v) is 10.8. The van der Waals surface area contributed by atoms with Crippen LogP contribution in [0, 0.1) is 34.9 Å². The van der Waals surface area contributed by atoms with E-state index in [1.165, 1.54) is 6.07 Å². The van der Waals surface area contributed by atoms with Crippen molar-refractivity contribution in [2.24, 2.45) is 0 Å². The molecule has 0 amide bonds. The van der Waals surface area contributed by atoms with E-state index in [9.17, 15) is 48.3 Å². The molecule has 0 saturated carbocycles. The van der Waals surface area contributed by atoms with Crippen LogP contribution in [0.15, 0.2) is 76.4 Å². The molecule has 6 nitrogen and oxygen atoms in total. The summed E-state index contributed by atoms with van der Waals surface area (Å²) in [6, 6.07) is 10.4. The molecule has 16 heteroatoms. The summed E-state index contributed by atoms with van der Waals surface area (Å²) in [6.07, 6.45) is -4.71. The van der Waals surface area contributed by atoms with Crippen LogP contribution in [-0.2, 0) is 16.3 Å². The summed E-state index contributed by atoms with van der Waals surface area (Å²) >= 11 is 0. The summed E-state index contributed by atoms with van der Waals surface area (Å²) in [5.74, 6) is -15.8. The Morgan fingerprint density at radius 2 is 1.40 bits per heavy atom. The number of pyridine rings is 1. The predicted octanol–water partition coefficient (Wildman–Crippen LogP) is 7.29. The molecule has 5 aromatic rings. The first kappa shape index (κ1) is 31.4. The van der Waals surface area contributed by atoms with Gasteiger partial charge in [-0.3, -0.25) is 9.36 Å². The highest BCUT2D eigenvalue weighted by Gasteiger charge is 2.32. The van der Waals surface area contributed by atoms with E-state index in [1.54, 1.807) is 0 Å². The number of alkyl halides is 3. The van der Waals surface area contributed by atoms with Gasteiger partial charge in [0.05, 0.1) is 23.9 Å². The van der Waals surface area contributed by atoms with E-state index in [4.69, 9.17) is 4.74 Å². The standard InChI is InChI=1S/C29H14F9NO5S/c1-43-21-11-17(13-3-2-4-15(9-13)29(36,37)38)18(30)12-20(21)39-19-7-6-16(10-14(19)5-8-22(39)40)45(41,42)44-28-26(34)24(32)23(31)25(33)27(28)35/h2-12H,1H3. The predicted molar refractivity (Wildman–Crippen MR) is 141 cm³/mol. The Morgan fingerprint density at radius 1 is 0.756 bits per heavy atom. The fraction of sp³-hybridized carbons (Fsp3) is 0.0690. The van der Waals surface area contributed by atoms with Gasteiger partial charge in [-0.25, -0.2) is 17.6 Å². The van der Waals surface area contributed by atoms with Gasteiger partial charge in [-0.2, -0.15) is 30.4 Å². The Labute approximate surface area is 246 Å². The van der Waals surface area contributed by atoms with Gasteiger partial charge in [0.25, 0.3) is 5.56 Å². The fourth-order valence-electron chi connectivity index (χ4n) is 4.41. The van der Waals surface area contributed by atoms with Gasteiger partial charge >= 0.3 is 16.3 Å². The summed E-state index contributed by atoms with van der Waals surface area (Å²) in [7, 11) is -4.10. The van der Waals surface area contributed by atoms with Gasteiger partial charge in [0, 0.05) is 23.1 Å². The van der Waals surface area contributed by atoms with Crippen LogP contribution in [0.5, 0.6) is 11.5 Å². The largest absolute Gasteiger partial charge is 0.495 e. The molecule has 1 aromatic heterocycles. The third kappa shape index (κ3) is 5.56. The number of ether oxygens (including phenoxy) is 1. The van der Waals surface area contributed by atoms with Crippen molar-refractivity contribution >= 4 is 21.0 Å². The maximum absolute atomic E-state index is 15.4. The Morgan fingerprint density at radius 3 is 2.02 bits per heavy atom. The molecule has 1 heterocycles. The zero-order valence-corrected chi connectivity index (χ0v) is 23.0. The van der Waals surface area contributed by atoms with Crippen LogP contribution >= 0.6 is 0 Å². The minimum Gasteiger partial charge on any atom is -0.495 e. The lowest BCUT2D eigenvalue weighted by Gasteiger charge is -2.17. The molecule has 0 atom stereocenters. The van der Waals surface area contributed by atoms with Crippen molar-refractivity contribution in [3.05, 3.63) is 118 Å². The highest BCUT2D eigenvalue weighted by Crippen LogP contribution is 2.37. The molecule has 5 rings (SSSR count). The van der Waals surface area contributed by atoms with Crippen molar-refractivity contribution in [3.8, 4) is 28.3 Å². The van der Waals surface area contributed by atoms with Crippen LogP contribution in [0.2, 0.25) is 0 Å². The summed E-state index contributed by atoms with van der Waals surface area (Å²) in [6.45, 7) is 0. The highest BCUT2D eigenvalue weighted by molar-refractivity contribution is 7.87. The number of benzene rings is 4. The number of methoxy groups -OCH3 is 1. The Balaban J connectivity index is 1.61. The first-order chi connectivity index (χ1) is 21.0. The maximum atomic E-state index is 15.4. The highest BCUT2D eigenvalue weighted by atomic mass is 32.2.